The first kappa shape index (κ1) is 9.73. The van der Waals surface area contributed by atoms with Crippen LogP contribution in [0.5, 0.6) is 0 Å². The van der Waals surface area contributed by atoms with Gasteiger partial charge in [0.05, 0.1) is 0 Å². The summed E-state index contributed by atoms with van der Waals surface area (Å²) in [6, 6.07) is 10.2. The highest BCUT2D eigenvalue weighted by molar-refractivity contribution is 6.38. The summed E-state index contributed by atoms with van der Waals surface area (Å²) in [5.41, 5.74) is 1.27. The van der Waals surface area contributed by atoms with Gasteiger partial charge < -0.3 is 5.11 Å². The molecule has 65 valence electrons. The number of hydrogen-bond acceptors (Lipinski definition) is 1. The highest BCUT2D eigenvalue weighted by Crippen LogP contribution is 2.04. The van der Waals surface area contributed by atoms with Gasteiger partial charge in [-0.05, 0) is 5.82 Å². The second kappa shape index (κ2) is 5.32. The SMILES string of the molecule is CC([B]Cc1ccccc1)C#CO. The van der Waals surface area contributed by atoms with Crippen molar-refractivity contribution < 1.29 is 5.11 Å². The minimum absolute atomic E-state index is 0.144. The molecule has 0 spiro atoms. The van der Waals surface area contributed by atoms with E-state index in [-0.39, 0.29) is 5.82 Å². The first-order valence-corrected chi connectivity index (χ1v) is 4.35. The van der Waals surface area contributed by atoms with Crippen molar-refractivity contribution in [1.29, 1.82) is 0 Å². The van der Waals surface area contributed by atoms with Crippen LogP contribution in [-0.2, 0) is 6.32 Å². The van der Waals surface area contributed by atoms with E-state index in [4.69, 9.17) is 5.11 Å². The molecule has 0 aliphatic carbocycles. The van der Waals surface area contributed by atoms with Crippen molar-refractivity contribution in [3.05, 3.63) is 35.9 Å². The summed E-state index contributed by atoms with van der Waals surface area (Å²) in [6.45, 7) is 1.96. The van der Waals surface area contributed by atoms with E-state index in [0.29, 0.717) is 0 Å². The normalized spacial score (nSPS) is 11.2. The molecule has 0 amide bonds. The lowest BCUT2D eigenvalue weighted by Crippen LogP contribution is -2.01. The van der Waals surface area contributed by atoms with Crippen molar-refractivity contribution in [1.82, 2.24) is 0 Å². The molecule has 1 aromatic carbocycles. The van der Waals surface area contributed by atoms with Crippen LogP contribution in [-0.4, -0.2) is 12.4 Å². The van der Waals surface area contributed by atoms with Crippen LogP contribution < -0.4 is 0 Å². The Bertz CT molecular complexity index is 297. The van der Waals surface area contributed by atoms with Crippen molar-refractivity contribution >= 4 is 7.28 Å². The van der Waals surface area contributed by atoms with Crippen molar-refractivity contribution in [2.75, 3.05) is 0 Å². The van der Waals surface area contributed by atoms with Gasteiger partial charge in [-0.2, -0.15) is 0 Å². The highest BCUT2D eigenvalue weighted by Gasteiger charge is 2.00. The highest BCUT2D eigenvalue weighted by atomic mass is 16.2. The summed E-state index contributed by atoms with van der Waals surface area (Å²) in [4.78, 5) is 0. The maximum Gasteiger partial charge on any atom is 0.135 e. The van der Waals surface area contributed by atoms with Gasteiger partial charge in [-0.3, -0.25) is 0 Å². The van der Waals surface area contributed by atoms with Gasteiger partial charge >= 0.3 is 0 Å². The minimum Gasteiger partial charge on any atom is -0.462 e. The zero-order valence-corrected chi connectivity index (χ0v) is 7.70. The number of rotatable bonds is 3. The first-order valence-electron chi connectivity index (χ1n) is 4.35. The number of aliphatic hydroxyl groups is 1. The summed E-state index contributed by atoms with van der Waals surface area (Å²) in [5.74, 6) is 2.81. The molecule has 2 heteroatoms. The third-order valence-corrected chi connectivity index (χ3v) is 1.84. The van der Waals surface area contributed by atoms with E-state index < -0.39 is 0 Å². The summed E-state index contributed by atoms with van der Waals surface area (Å²) >= 11 is 0. The molecule has 0 heterocycles. The van der Waals surface area contributed by atoms with Crippen LogP contribution in [0, 0.1) is 12.0 Å². The van der Waals surface area contributed by atoms with E-state index >= 15 is 0 Å². The van der Waals surface area contributed by atoms with E-state index in [1.54, 1.807) is 0 Å². The fourth-order valence-corrected chi connectivity index (χ4v) is 1.09. The van der Waals surface area contributed by atoms with Crippen LogP contribution in [0.15, 0.2) is 30.3 Å². The zero-order valence-electron chi connectivity index (χ0n) is 7.70. The smallest absolute Gasteiger partial charge is 0.135 e. The predicted molar refractivity (Wildman–Crippen MR) is 55.0 cm³/mol. The Morgan fingerprint density at radius 3 is 2.69 bits per heavy atom. The van der Waals surface area contributed by atoms with Gasteiger partial charge in [-0.25, -0.2) is 0 Å². The van der Waals surface area contributed by atoms with E-state index in [2.05, 4.69) is 25.3 Å². The Hall–Kier alpha value is -1.36. The van der Waals surface area contributed by atoms with Crippen LogP contribution in [0.3, 0.4) is 0 Å². The maximum absolute atomic E-state index is 8.35. The molecule has 13 heavy (non-hydrogen) atoms. The summed E-state index contributed by atoms with van der Waals surface area (Å²) in [6.07, 6.45) is 2.82. The molecule has 1 atom stereocenters. The third-order valence-electron chi connectivity index (χ3n) is 1.84. The second-order valence-corrected chi connectivity index (χ2v) is 2.97. The molecule has 0 aromatic heterocycles. The van der Waals surface area contributed by atoms with Crippen molar-refractivity contribution in [3.8, 4) is 12.0 Å². The molecular weight excluding hydrogens is 159 g/mol. The number of hydrogen-bond donors (Lipinski definition) is 1. The second-order valence-electron chi connectivity index (χ2n) is 2.97. The predicted octanol–water partition coefficient (Wildman–Crippen LogP) is 2.03. The Balaban J connectivity index is 2.38. The van der Waals surface area contributed by atoms with Gasteiger partial charge in [-0.1, -0.05) is 55.1 Å². The van der Waals surface area contributed by atoms with E-state index in [1.165, 1.54) is 5.56 Å². The van der Waals surface area contributed by atoms with Crippen molar-refractivity contribution in [3.63, 3.8) is 0 Å². The molecular formula is C11H12BO. The Morgan fingerprint density at radius 2 is 2.08 bits per heavy atom. The van der Waals surface area contributed by atoms with Crippen LogP contribution in [0.25, 0.3) is 0 Å². The molecule has 1 nitrogen and oxygen atoms in total. The summed E-state index contributed by atoms with van der Waals surface area (Å²) < 4.78 is 0. The molecule has 1 N–H and O–H groups in total. The van der Waals surface area contributed by atoms with Crippen LogP contribution in [0.2, 0.25) is 5.82 Å². The van der Waals surface area contributed by atoms with Crippen molar-refractivity contribution in [2.24, 2.45) is 0 Å². The standard InChI is InChI=1S/C11H12BO/c1-10(7-8-13)12-9-11-5-3-2-4-6-11/h2-6,10,13H,9H2,1H3. The van der Waals surface area contributed by atoms with Crippen LogP contribution in [0.1, 0.15) is 12.5 Å². The largest absolute Gasteiger partial charge is 0.462 e. The van der Waals surface area contributed by atoms with Gasteiger partial charge in [0.1, 0.15) is 13.4 Å². The quantitative estimate of drug-likeness (QED) is 0.544. The summed E-state index contributed by atoms with van der Waals surface area (Å²) in [5, 5.41) is 8.35. The first-order chi connectivity index (χ1) is 6.33. The van der Waals surface area contributed by atoms with Gasteiger partial charge in [-0.15, -0.1) is 0 Å². The van der Waals surface area contributed by atoms with Crippen molar-refractivity contribution in [2.45, 2.75) is 19.1 Å². The third kappa shape index (κ3) is 3.71. The molecule has 1 unspecified atom stereocenters. The molecule has 0 aliphatic rings. The van der Waals surface area contributed by atoms with E-state index in [0.717, 1.165) is 6.32 Å². The lowest BCUT2D eigenvalue weighted by molar-refractivity contribution is 0.516. The molecule has 1 aromatic rings. The van der Waals surface area contributed by atoms with Gasteiger partial charge in [0.25, 0.3) is 0 Å². The average molecular weight is 171 g/mol. The number of benzene rings is 1. The van der Waals surface area contributed by atoms with E-state index in [1.807, 2.05) is 31.2 Å². The molecule has 0 saturated carbocycles. The molecule has 1 radical (unpaired) electrons. The molecule has 0 bridgehead atoms. The van der Waals surface area contributed by atoms with E-state index in [9.17, 15) is 0 Å². The topological polar surface area (TPSA) is 20.2 Å². The Kier molecular flexibility index (Phi) is 3.98. The van der Waals surface area contributed by atoms with Crippen LogP contribution in [0.4, 0.5) is 0 Å². The fraction of sp³-hybridized carbons (Fsp3) is 0.273. The van der Waals surface area contributed by atoms with Crippen LogP contribution >= 0.6 is 0 Å². The Labute approximate surface area is 80.0 Å². The average Bonchev–Trinajstić information content (AvgIpc) is 2.17. The Morgan fingerprint density at radius 1 is 1.38 bits per heavy atom. The molecule has 0 fully saturated rings. The molecule has 1 rings (SSSR count). The van der Waals surface area contributed by atoms with Gasteiger partial charge in [0.2, 0.25) is 0 Å². The van der Waals surface area contributed by atoms with Gasteiger partial charge in [0, 0.05) is 0 Å². The lowest BCUT2D eigenvalue weighted by Gasteiger charge is -2.01. The monoisotopic (exact) mass is 171 g/mol. The lowest BCUT2D eigenvalue weighted by atomic mass is 9.61. The molecule has 0 aliphatic heterocycles. The van der Waals surface area contributed by atoms with Gasteiger partial charge in [0.15, 0.2) is 0 Å². The minimum atomic E-state index is 0.144. The number of aliphatic hydroxyl groups excluding tert-OH is 1. The zero-order chi connectivity index (χ0) is 9.52. The molecule has 0 saturated heterocycles. The fourth-order valence-electron chi connectivity index (χ4n) is 1.09. The summed E-state index contributed by atoms with van der Waals surface area (Å²) in [7, 11) is 2.08. The maximum atomic E-state index is 8.35.